The standard InChI is InChI=1S/C38H51N5O6/c1-25-22-28(23-26(2)35(25)48-27(3)44)24-34(36(45)41-17-10-30(11-18-41)29-8-15-39-16-9-29)49-38(47)42-19-13-32(14-20-42)43-21-12-31-6-4-5-7-33(31)40-37(43)46/h4-7,22-23,29-30,32,34,39H,8-21,24H2,1-3H3,(H,40,46)/t34-/m1/s1. The zero-order valence-corrected chi connectivity index (χ0v) is 29.2. The number of piperidine rings is 3. The van der Waals surface area contributed by atoms with Crippen molar-refractivity contribution in [1.82, 2.24) is 20.0 Å². The third-order valence-electron chi connectivity index (χ3n) is 10.9. The first-order chi connectivity index (χ1) is 23.7. The summed E-state index contributed by atoms with van der Waals surface area (Å²) in [6.45, 7) is 10.1. The molecule has 0 radical (unpaired) electrons. The van der Waals surface area contributed by atoms with Gasteiger partial charge in [-0.05, 0) is 112 Å². The Labute approximate surface area is 289 Å². The van der Waals surface area contributed by atoms with Gasteiger partial charge in [0.2, 0.25) is 0 Å². The lowest BCUT2D eigenvalue weighted by atomic mass is 9.79. The molecule has 11 nitrogen and oxygen atoms in total. The molecule has 2 N–H and O–H groups in total. The number of anilines is 1. The van der Waals surface area contributed by atoms with E-state index < -0.39 is 12.2 Å². The minimum Gasteiger partial charge on any atom is -0.436 e. The molecular formula is C38H51N5O6. The zero-order valence-electron chi connectivity index (χ0n) is 29.2. The minimum atomic E-state index is -0.978. The number of fused-ring (bicyclic) bond motifs is 1. The van der Waals surface area contributed by atoms with Gasteiger partial charge in [0.05, 0.1) is 0 Å². The lowest BCUT2D eigenvalue weighted by Crippen LogP contribution is -2.52. The zero-order chi connectivity index (χ0) is 34.5. The number of hydrogen-bond acceptors (Lipinski definition) is 7. The molecule has 0 spiro atoms. The number of para-hydroxylation sites is 1. The minimum absolute atomic E-state index is 0.0127. The molecular weight excluding hydrogens is 622 g/mol. The van der Waals surface area contributed by atoms with Crippen LogP contribution in [0.5, 0.6) is 5.75 Å². The Morgan fingerprint density at radius 2 is 1.49 bits per heavy atom. The lowest BCUT2D eigenvalue weighted by Gasteiger charge is -2.39. The van der Waals surface area contributed by atoms with Gasteiger partial charge in [0.15, 0.2) is 6.10 Å². The quantitative estimate of drug-likeness (QED) is 0.311. The molecule has 2 aromatic rings. The third-order valence-corrected chi connectivity index (χ3v) is 10.9. The van der Waals surface area contributed by atoms with Gasteiger partial charge in [-0.15, -0.1) is 0 Å². The van der Waals surface area contributed by atoms with E-state index in [2.05, 4.69) is 10.6 Å². The van der Waals surface area contributed by atoms with Crippen molar-refractivity contribution in [3.8, 4) is 5.75 Å². The second kappa shape index (κ2) is 15.6. The van der Waals surface area contributed by atoms with Gasteiger partial charge in [0.25, 0.3) is 5.91 Å². The van der Waals surface area contributed by atoms with Crippen LogP contribution in [0.25, 0.3) is 0 Å². The number of carbonyl (C=O) groups is 4. The molecule has 0 aliphatic carbocycles. The number of ether oxygens (including phenoxy) is 2. The second-order valence-corrected chi connectivity index (χ2v) is 14.2. The smallest absolute Gasteiger partial charge is 0.410 e. The van der Waals surface area contributed by atoms with E-state index in [1.54, 1.807) is 4.90 Å². The summed E-state index contributed by atoms with van der Waals surface area (Å²) in [5.41, 5.74) is 4.39. The topological polar surface area (TPSA) is 121 Å². The molecule has 4 aliphatic rings. The van der Waals surface area contributed by atoms with Crippen LogP contribution in [-0.2, 0) is 27.2 Å². The first-order valence-corrected chi connectivity index (χ1v) is 18.1. The Morgan fingerprint density at radius 3 is 2.16 bits per heavy atom. The lowest BCUT2D eigenvalue weighted by molar-refractivity contribution is -0.142. The van der Waals surface area contributed by atoms with Crippen molar-refractivity contribution in [3.63, 3.8) is 0 Å². The number of likely N-dealkylation sites (tertiary alicyclic amines) is 2. The highest BCUT2D eigenvalue weighted by Crippen LogP contribution is 2.32. The van der Waals surface area contributed by atoms with Crippen LogP contribution in [0.3, 0.4) is 0 Å². The highest BCUT2D eigenvalue weighted by atomic mass is 16.6. The highest BCUT2D eigenvalue weighted by Gasteiger charge is 2.36. The van der Waals surface area contributed by atoms with E-state index in [0.29, 0.717) is 63.2 Å². The average Bonchev–Trinajstić information content (AvgIpc) is 3.27. The van der Waals surface area contributed by atoms with Crippen molar-refractivity contribution >= 4 is 29.7 Å². The summed E-state index contributed by atoms with van der Waals surface area (Å²) in [4.78, 5) is 58.0. The predicted octanol–water partition coefficient (Wildman–Crippen LogP) is 5.07. The van der Waals surface area contributed by atoms with Crippen LogP contribution in [0.2, 0.25) is 0 Å². The van der Waals surface area contributed by atoms with Gasteiger partial charge in [0.1, 0.15) is 5.75 Å². The first-order valence-electron chi connectivity index (χ1n) is 18.1. The first kappa shape index (κ1) is 34.7. The largest absolute Gasteiger partial charge is 0.436 e. The molecule has 11 heteroatoms. The fourth-order valence-corrected chi connectivity index (χ4v) is 8.26. The van der Waals surface area contributed by atoms with Crippen molar-refractivity contribution in [2.24, 2.45) is 11.8 Å². The van der Waals surface area contributed by atoms with Gasteiger partial charge in [-0.25, -0.2) is 9.59 Å². The van der Waals surface area contributed by atoms with Crippen LogP contribution in [0, 0.1) is 25.7 Å². The van der Waals surface area contributed by atoms with E-state index >= 15 is 0 Å². The Bertz CT molecular complexity index is 1500. The molecule has 3 saturated heterocycles. The van der Waals surface area contributed by atoms with E-state index in [1.165, 1.54) is 19.8 Å². The molecule has 0 bridgehead atoms. The summed E-state index contributed by atoms with van der Waals surface area (Å²) in [6.07, 6.45) is 5.11. The number of carbonyl (C=O) groups excluding carboxylic acids is 4. The summed E-state index contributed by atoms with van der Waals surface area (Å²) in [6, 6.07) is 11.6. The molecule has 0 saturated carbocycles. The van der Waals surface area contributed by atoms with Gasteiger partial charge < -0.3 is 34.8 Å². The molecule has 49 heavy (non-hydrogen) atoms. The molecule has 6 rings (SSSR count). The highest BCUT2D eigenvalue weighted by molar-refractivity contribution is 5.91. The van der Waals surface area contributed by atoms with Gasteiger partial charge in [-0.2, -0.15) is 0 Å². The molecule has 4 aliphatic heterocycles. The van der Waals surface area contributed by atoms with E-state index in [9.17, 15) is 19.2 Å². The Kier molecular flexibility index (Phi) is 11.1. The van der Waals surface area contributed by atoms with E-state index in [1.807, 2.05) is 60.0 Å². The normalized spacial score (nSPS) is 20.2. The fraction of sp³-hybridized carbons (Fsp3) is 0.579. The van der Waals surface area contributed by atoms with E-state index in [4.69, 9.17) is 9.47 Å². The van der Waals surface area contributed by atoms with Crippen molar-refractivity contribution in [1.29, 1.82) is 0 Å². The van der Waals surface area contributed by atoms with E-state index in [-0.39, 0.29) is 30.4 Å². The number of urea groups is 1. The number of hydrogen-bond donors (Lipinski definition) is 2. The summed E-state index contributed by atoms with van der Waals surface area (Å²) in [5, 5.41) is 6.50. The average molecular weight is 674 g/mol. The molecule has 2 aromatic carbocycles. The van der Waals surface area contributed by atoms with Crippen molar-refractivity contribution in [2.45, 2.75) is 84.3 Å². The van der Waals surface area contributed by atoms with Gasteiger partial charge in [-0.3, -0.25) is 9.59 Å². The summed E-state index contributed by atoms with van der Waals surface area (Å²) < 4.78 is 11.5. The molecule has 0 aromatic heterocycles. The van der Waals surface area contributed by atoms with Crippen molar-refractivity contribution in [3.05, 3.63) is 58.7 Å². The van der Waals surface area contributed by atoms with Crippen molar-refractivity contribution < 1.29 is 28.7 Å². The monoisotopic (exact) mass is 673 g/mol. The van der Waals surface area contributed by atoms with Crippen LogP contribution in [0.4, 0.5) is 15.3 Å². The molecule has 4 amide bonds. The van der Waals surface area contributed by atoms with Gasteiger partial charge in [-0.1, -0.05) is 30.3 Å². The van der Waals surface area contributed by atoms with Gasteiger partial charge >= 0.3 is 18.1 Å². The fourth-order valence-electron chi connectivity index (χ4n) is 8.26. The Morgan fingerprint density at radius 1 is 0.857 bits per heavy atom. The summed E-state index contributed by atoms with van der Waals surface area (Å²) >= 11 is 0. The number of amides is 4. The van der Waals surface area contributed by atoms with Crippen LogP contribution in [0.1, 0.15) is 67.7 Å². The number of esters is 1. The van der Waals surface area contributed by atoms with Gasteiger partial charge in [0, 0.05) is 57.8 Å². The van der Waals surface area contributed by atoms with Crippen LogP contribution in [0.15, 0.2) is 36.4 Å². The summed E-state index contributed by atoms with van der Waals surface area (Å²) in [5.74, 6) is 1.28. The maximum Gasteiger partial charge on any atom is 0.410 e. The number of aryl methyl sites for hydroxylation is 2. The Hall–Kier alpha value is -4.12. The Balaban J connectivity index is 1.11. The second-order valence-electron chi connectivity index (χ2n) is 14.2. The van der Waals surface area contributed by atoms with Crippen molar-refractivity contribution in [2.75, 3.05) is 51.1 Å². The van der Waals surface area contributed by atoms with Crippen LogP contribution < -0.4 is 15.4 Å². The van der Waals surface area contributed by atoms with Crippen LogP contribution >= 0.6 is 0 Å². The molecule has 1 atom stereocenters. The van der Waals surface area contributed by atoms with E-state index in [0.717, 1.165) is 60.3 Å². The number of rotatable bonds is 7. The molecule has 3 fully saturated rings. The maximum atomic E-state index is 14.1. The summed E-state index contributed by atoms with van der Waals surface area (Å²) in [7, 11) is 0. The number of nitrogens with one attached hydrogen (secondary N) is 2. The SMILES string of the molecule is CC(=O)Oc1c(C)cc(C[C@@H](OC(=O)N2CCC(N3CCc4ccccc4NC3=O)CC2)C(=O)N2CCC(C3CCNCC3)CC2)cc1C. The molecule has 0 unspecified atom stereocenters. The molecule has 4 heterocycles. The number of nitrogens with zero attached hydrogens (tertiary/aromatic N) is 3. The maximum absolute atomic E-state index is 14.1. The van der Waals surface area contributed by atoms with Crippen LogP contribution in [-0.4, -0.2) is 96.7 Å². The third kappa shape index (κ3) is 8.37. The predicted molar refractivity (Wildman–Crippen MR) is 187 cm³/mol. The molecule has 264 valence electrons. The number of benzene rings is 2.